The first-order chi connectivity index (χ1) is 9.01. The van der Waals surface area contributed by atoms with Crippen LogP contribution in [0.25, 0.3) is 11.0 Å². The maximum Gasteiger partial charge on any atom is 0.134 e. The van der Waals surface area contributed by atoms with Crippen LogP contribution < -0.4 is 5.32 Å². The predicted octanol–water partition coefficient (Wildman–Crippen LogP) is 3.16. The second-order valence-electron chi connectivity index (χ2n) is 5.52. The summed E-state index contributed by atoms with van der Waals surface area (Å²) in [7, 11) is 0. The van der Waals surface area contributed by atoms with Crippen LogP contribution in [-0.2, 0) is 6.54 Å². The zero-order chi connectivity index (χ0) is 14.0. The lowest BCUT2D eigenvalue weighted by Crippen LogP contribution is -2.33. The van der Waals surface area contributed by atoms with Gasteiger partial charge in [-0.2, -0.15) is 0 Å². The molecule has 104 valence electrons. The molecule has 1 aromatic carbocycles. The molecule has 1 aromatic heterocycles. The Balaban J connectivity index is 2.10. The number of aliphatic hydroxyl groups is 1. The number of fused-ring (bicyclic) bond motifs is 1. The summed E-state index contributed by atoms with van der Waals surface area (Å²) in [6, 6.07) is 6.61. The lowest BCUT2D eigenvalue weighted by Gasteiger charge is -2.18. The van der Waals surface area contributed by atoms with Crippen LogP contribution in [0.3, 0.4) is 0 Å². The third-order valence-corrected chi connectivity index (χ3v) is 3.92. The summed E-state index contributed by atoms with van der Waals surface area (Å²) < 4.78 is 5.84. The highest BCUT2D eigenvalue weighted by atomic mass is 16.3. The van der Waals surface area contributed by atoms with Crippen molar-refractivity contribution in [3.05, 3.63) is 35.1 Å². The van der Waals surface area contributed by atoms with Gasteiger partial charge in [0.2, 0.25) is 0 Å². The van der Waals surface area contributed by atoms with Crippen molar-refractivity contribution in [1.82, 2.24) is 5.32 Å². The Hall–Kier alpha value is -1.32. The molecule has 2 rings (SSSR count). The molecule has 2 N–H and O–H groups in total. The topological polar surface area (TPSA) is 45.4 Å². The summed E-state index contributed by atoms with van der Waals surface area (Å²) in [4.78, 5) is 0. The molecule has 2 unspecified atom stereocenters. The quantitative estimate of drug-likeness (QED) is 0.869. The molecule has 3 heteroatoms. The highest BCUT2D eigenvalue weighted by Crippen LogP contribution is 2.23. The lowest BCUT2D eigenvalue weighted by molar-refractivity contribution is 0.205. The van der Waals surface area contributed by atoms with Gasteiger partial charge in [-0.1, -0.05) is 6.92 Å². The number of aliphatic hydroxyl groups excluding tert-OH is 1. The van der Waals surface area contributed by atoms with Crippen molar-refractivity contribution in [2.75, 3.05) is 6.61 Å². The molecule has 0 spiro atoms. The Bertz CT molecular complexity index is 520. The summed E-state index contributed by atoms with van der Waals surface area (Å²) in [5.74, 6) is 1.19. The van der Waals surface area contributed by atoms with Gasteiger partial charge in [-0.05, 0) is 56.0 Å². The minimum absolute atomic E-state index is 0.201. The summed E-state index contributed by atoms with van der Waals surface area (Å²) >= 11 is 0. The van der Waals surface area contributed by atoms with Crippen LogP contribution in [0, 0.1) is 19.8 Å². The van der Waals surface area contributed by atoms with Crippen LogP contribution in [0.1, 0.15) is 30.7 Å². The van der Waals surface area contributed by atoms with Crippen molar-refractivity contribution in [2.24, 2.45) is 5.92 Å². The number of rotatable bonds is 5. The van der Waals surface area contributed by atoms with E-state index in [-0.39, 0.29) is 18.6 Å². The van der Waals surface area contributed by atoms with Gasteiger partial charge in [0.1, 0.15) is 11.3 Å². The van der Waals surface area contributed by atoms with E-state index in [1.165, 1.54) is 11.1 Å². The molecule has 3 nitrogen and oxygen atoms in total. The van der Waals surface area contributed by atoms with Gasteiger partial charge < -0.3 is 14.8 Å². The third-order valence-electron chi connectivity index (χ3n) is 3.92. The monoisotopic (exact) mass is 261 g/mol. The normalized spacial score (nSPS) is 14.8. The van der Waals surface area contributed by atoms with Gasteiger partial charge in [0.15, 0.2) is 0 Å². The van der Waals surface area contributed by atoms with E-state index in [2.05, 4.69) is 44.3 Å². The maximum atomic E-state index is 9.11. The van der Waals surface area contributed by atoms with Gasteiger partial charge in [-0.3, -0.25) is 0 Å². The number of benzene rings is 1. The fourth-order valence-corrected chi connectivity index (χ4v) is 2.07. The number of hydrogen-bond donors (Lipinski definition) is 2. The zero-order valence-electron chi connectivity index (χ0n) is 12.2. The summed E-state index contributed by atoms with van der Waals surface area (Å²) in [5, 5.41) is 13.7. The van der Waals surface area contributed by atoms with Crippen molar-refractivity contribution >= 4 is 11.0 Å². The highest BCUT2D eigenvalue weighted by Gasteiger charge is 2.12. The number of hydrogen-bond acceptors (Lipinski definition) is 3. The molecule has 0 amide bonds. The maximum absolute atomic E-state index is 9.11. The van der Waals surface area contributed by atoms with Gasteiger partial charge >= 0.3 is 0 Å². The molecule has 0 aliphatic rings. The predicted molar refractivity (Wildman–Crippen MR) is 78.2 cm³/mol. The van der Waals surface area contributed by atoms with E-state index in [1.807, 2.05) is 6.92 Å². The van der Waals surface area contributed by atoms with Crippen LogP contribution in [0.2, 0.25) is 0 Å². The largest absolute Gasteiger partial charge is 0.460 e. The van der Waals surface area contributed by atoms with E-state index in [1.54, 1.807) is 0 Å². The molecule has 19 heavy (non-hydrogen) atoms. The minimum Gasteiger partial charge on any atom is -0.460 e. The Morgan fingerprint density at radius 1 is 1.16 bits per heavy atom. The fraction of sp³-hybridized carbons (Fsp3) is 0.500. The molecule has 0 bridgehead atoms. The number of nitrogens with one attached hydrogen (secondary N) is 1. The Labute approximate surface area is 114 Å². The molecule has 0 fully saturated rings. The van der Waals surface area contributed by atoms with Crippen LogP contribution >= 0.6 is 0 Å². The van der Waals surface area contributed by atoms with Crippen LogP contribution in [-0.4, -0.2) is 17.8 Å². The smallest absolute Gasteiger partial charge is 0.134 e. The lowest BCUT2D eigenvalue weighted by atomic mass is 10.1. The minimum atomic E-state index is 0.201. The highest BCUT2D eigenvalue weighted by molar-refractivity contribution is 5.79. The molecule has 2 atom stereocenters. The second-order valence-corrected chi connectivity index (χ2v) is 5.52. The van der Waals surface area contributed by atoms with Crippen LogP contribution in [0.15, 0.2) is 22.6 Å². The zero-order valence-corrected chi connectivity index (χ0v) is 12.2. The van der Waals surface area contributed by atoms with E-state index in [9.17, 15) is 0 Å². The Kier molecular flexibility index (Phi) is 4.27. The average Bonchev–Trinajstić information content (AvgIpc) is 2.77. The summed E-state index contributed by atoms with van der Waals surface area (Å²) in [6.07, 6.45) is 0. The second kappa shape index (κ2) is 5.76. The van der Waals surface area contributed by atoms with Crippen LogP contribution in [0.5, 0.6) is 0 Å². The van der Waals surface area contributed by atoms with E-state index in [0.717, 1.165) is 16.7 Å². The molecule has 0 radical (unpaired) electrons. The van der Waals surface area contributed by atoms with Crippen molar-refractivity contribution in [3.63, 3.8) is 0 Å². The van der Waals surface area contributed by atoms with Crippen molar-refractivity contribution in [1.29, 1.82) is 0 Å². The molecular weight excluding hydrogens is 238 g/mol. The van der Waals surface area contributed by atoms with Crippen molar-refractivity contribution in [2.45, 2.75) is 40.3 Å². The molecule has 0 saturated carbocycles. The molecule has 0 aliphatic heterocycles. The Morgan fingerprint density at radius 3 is 2.53 bits per heavy atom. The molecule has 2 aromatic rings. The van der Waals surface area contributed by atoms with Gasteiger partial charge in [-0.15, -0.1) is 0 Å². The van der Waals surface area contributed by atoms with E-state index in [0.29, 0.717) is 6.54 Å². The van der Waals surface area contributed by atoms with Crippen molar-refractivity contribution in [3.8, 4) is 0 Å². The SMILES string of the molecule is Cc1cc2cc(CNC(C)C(C)CO)oc2cc1C. The Morgan fingerprint density at radius 2 is 1.84 bits per heavy atom. The van der Waals surface area contributed by atoms with Gasteiger partial charge in [0.05, 0.1) is 6.54 Å². The van der Waals surface area contributed by atoms with Gasteiger partial charge in [0.25, 0.3) is 0 Å². The molecule has 1 heterocycles. The fourth-order valence-electron chi connectivity index (χ4n) is 2.07. The standard InChI is InChI=1S/C16H23NO2/c1-10-5-14-7-15(19-16(14)6-11(10)2)8-17-13(4)12(3)9-18/h5-7,12-13,17-18H,8-9H2,1-4H3. The average molecular weight is 261 g/mol. The molecule has 0 saturated heterocycles. The number of furan rings is 1. The van der Waals surface area contributed by atoms with E-state index in [4.69, 9.17) is 9.52 Å². The van der Waals surface area contributed by atoms with E-state index < -0.39 is 0 Å². The van der Waals surface area contributed by atoms with Gasteiger partial charge in [-0.25, -0.2) is 0 Å². The first-order valence-electron chi connectivity index (χ1n) is 6.85. The van der Waals surface area contributed by atoms with Crippen molar-refractivity contribution < 1.29 is 9.52 Å². The number of aryl methyl sites for hydroxylation is 2. The summed E-state index contributed by atoms with van der Waals surface area (Å²) in [6.45, 7) is 9.22. The van der Waals surface area contributed by atoms with E-state index >= 15 is 0 Å². The van der Waals surface area contributed by atoms with Crippen LogP contribution in [0.4, 0.5) is 0 Å². The summed E-state index contributed by atoms with van der Waals surface area (Å²) in [5.41, 5.74) is 3.49. The first kappa shape index (κ1) is 14.1. The third kappa shape index (κ3) is 3.17. The molecule has 0 aliphatic carbocycles. The first-order valence-corrected chi connectivity index (χ1v) is 6.85. The molecular formula is C16H23NO2. The van der Waals surface area contributed by atoms with Gasteiger partial charge in [0, 0.05) is 18.0 Å².